The highest BCUT2D eigenvalue weighted by Crippen LogP contribution is 2.41. The van der Waals surface area contributed by atoms with Crippen LogP contribution in [0.2, 0.25) is 0 Å². The molecular weight excluding hydrogens is 492 g/mol. The lowest BCUT2D eigenvalue weighted by Crippen LogP contribution is -2.43. The summed E-state index contributed by atoms with van der Waals surface area (Å²) in [6.45, 7) is 3.94. The van der Waals surface area contributed by atoms with Crippen LogP contribution in [-0.2, 0) is 4.79 Å². The van der Waals surface area contributed by atoms with Gasteiger partial charge in [-0.05, 0) is 61.7 Å². The minimum absolute atomic E-state index is 0.126. The van der Waals surface area contributed by atoms with Crippen LogP contribution < -0.4 is 29.6 Å². The summed E-state index contributed by atoms with van der Waals surface area (Å²) in [4.78, 5) is 27.6. The maximum Gasteiger partial charge on any atom is 0.268 e. The molecule has 1 atom stereocenters. The van der Waals surface area contributed by atoms with E-state index in [1.54, 1.807) is 31.4 Å². The summed E-state index contributed by atoms with van der Waals surface area (Å²) in [5.74, 6) is 1.38. The summed E-state index contributed by atoms with van der Waals surface area (Å²) in [5.41, 5.74) is 0.779. The second-order valence-electron chi connectivity index (χ2n) is 9.09. The Labute approximate surface area is 220 Å². The van der Waals surface area contributed by atoms with Crippen LogP contribution in [0.15, 0.2) is 59.6 Å². The lowest BCUT2D eigenvalue weighted by atomic mass is 9.89. The topological polar surface area (TPSA) is 95.1 Å². The number of rotatable bonds is 8. The first-order valence-corrected chi connectivity index (χ1v) is 12.6. The maximum absolute atomic E-state index is 13.6. The quantitative estimate of drug-likeness (QED) is 0.406. The van der Waals surface area contributed by atoms with E-state index in [0.29, 0.717) is 35.0 Å². The highest BCUT2D eigenvalue weighted by molar-refractivity contribution is 7.10. The molecule has 4 rings (SSSR count). The number of carbonyl (C=O) groups excluding carboxylic acids is 2. The Kier molecular flexibility index (Phi) is 7.73. The molecule has 2 N–H and O–H groups in total. The molecule has 0 aliphatic carbocycles. The maximum atomic E-state index is 13.6. The van der Waals surface area contributed by atoms with Crippen molar-refractivity contribution in [1.29, 1.82) is 0 Å². The van der Waals surface area contributed by atoms with Gasteiger partial charge in [0.1, 0.15) is 22.8 Å². The van der Waals surface area contributed by atoms with Gasteiger partial charge in [-0.25, -0.2) is 0 Å². The number of hydrogen-bond acceptors (Lipinski definition) is 7. The van der Waals surface area contributed by atoms with Crippen molar-refractivity contribution in [3.8, 4) is 23.0 Å². The minimum Gasteiger partial charge on any atom is -0.497 e. The van der Waals surface area contributed by atoms with Gasteiger partial charge < -0.3 is 29.6 Å². The van der Waals surface area contributed by atoms with Crippen LogP contribution >= 0.6 is 11.3 Å². The zero-order valence-electron chi connectivity index (χ0n) is 21.4. The fourth-order valence-corrected chi connectivity index (χ4v) is 4.83. The number of ether oxygens (including phenoxy) is 4. The minimum atomic E-state index is -0.516. The van der Waals surface area contributed by atoms with Gasteiger partial charge in [0.2, 0.25) is 0 Å². The molecule has 0 unspecified atom stereocenters. The Balaban J connectivity index is 1.62. The van der Waals surface area contributed by atoms with Crippen molar-refractivity contribution in [1.82, 2.24) is 10.6 Å². The third-order valence-electron chi connectivity index (χ3n) is 5.95. The number of carbonyl (C=O) groups is 2. The summed E-state index contributed by atoms with van der Waals surface area (Å²) in [5, 5.41) is 7.78. The number of nitrogens with one attached hydrogen (secondary N) is 2. The van der Waals surface area contributed by atoms with Crippen LogP contribution in [-0.4, -0.2) is 38.7 Å². The van der Waals surface area contributed by atoms with Crippen LogP contribution in [0.4, 0.5) is 0 Å². The Hall–Kier alpha value is -3.98. The zero-order valence-corrected chi connectivity index (χ0v) is 22.2. The van der Waals surface area contributed by atoms with E-state index in [0.717, 1.165) is 10.4 Å². The van der Waals surface area contributed by atoms with Crippen LogP contribution in [0.1, 0.15) is 47.1 Å². The van der Waals surface area contributed by atoms with Crippen LogP contribution in [0.5, 0.6) is 23.0 Å². The highest BCUT2D eigenvalue weighted by atomic mass is 32.1. The summed E-state index contributed by atoms with van der Waals surface area (Å²) in [7, 11) is 4.62. The summed E-state index contributed by atoms with van der Waals surface area (Å²) in [6.07, 6.45) is 2.21. The van der Waals surface area contributed by atoms with Crippen molar-refractivity contribution in [2.45, 2.75) is 31.9 Å². The highest BCUT2D eigenvalue weighted by Gasteiger charge is 2.35. The van der Waals surface area contributed by atoms with Gasteiger partial charge >= 0.3 is 0 Å². The molecule has 194 valence electrons. The molecule has 2 aromatic carbocycles. The van der Waals surface area contributed by atoms with Crippen molar-refractivity contribution in [3.63, 3.8) is 0 Å². The van der Waals surface area contributed by atoms with E-state index < -0.39 is 17.4 Å². The Morgan fingerprint density at radius 2 is 1.81 bits per heavy atom. The van der Waals surface area contributed by atoms with E-state index in [-0.39, 0.29) is 11.7 Å². The third kappa shape index (κ3) is 6.06. The van der Waals surface area contributed by atoms with E-state index in [1.165, 1.54) is 25.6 Å². The first-order chi connectivity index (χ1) is 17.7. The van der Waals surface area contributed by atoms with E-state index in [2.05, 4.69) is 10.6 Å². The van der Waals surface area contributed by atoms with Gasteiger partial charge in [-0.1, -0.05) is 6.07 Å². The lowest BCUT2D eigenvalue weighted by molar-refractivity contribution is -0.119. The number of fused-ring (bicyclic) bond motifs is 1. The van der Waals surface area contributed by atoms with Gasteiger partial charge in [0.05, 0.1) is 27.4 Å². The van der Waals surface area contributed by atoms with Crippen LogP contribution in [0.25, 0.3) is 6.08 Å². The summed E-state index contributed by atoms with van der Waals surface area (Å²) >= 11 is 1.46. The predicted molar refractivity (Wildman–Crippen MR) is 143 cm³/mol. The average Bonchev–Trinajstić information content (AvgIpc) is 3.39. The largest absolute Gasteiger partial charge is 0.497 e. The molecule has 8 nitrogen and oxygen atoms in total. The molecule has 1 aromatic heterocycles. The van der Waals surface area contributed by atoms with Gasteiger partial charge in [0, 0.05) is 28.5 Å². The van der Waals surface area contributed by atoms with Crippen molar-refractivity contribution >= 4 is 29.2 Å². The monoisotopic (exact) mass is 522 g/mol. The predicted octanol–water partition coefficient (Wildman–Crippen LogP) is 4.96. The molecule has 0 saturated heterocycles. The normalized spacial score (nSPS) is 16.1. The van der Waals surface area contributed by atoms with Gasteiger partial charge in [0.15, 0.2) is 11.5 Å². The summed E-state index contributed by atoms with van der Waals surface area (Å²) in [6, 6.07) is 13.8. The van der Waals surface area contributed by atoms with Gasteiger partial charge in [-0.3, -0.25) is 9.59 Å². The first kappa shape index (κ1) is 26.1. The van der Waals surface area contributed by atoms with E-state index in [1.807, 2.05) is 49.6 Å². The molecule has 37 heavy (non-hydrogen) atoms. The van der Waals surface area contributed by atoms with Gasteiger partial charge in [-0.2, -0.15) is 0 Å². The molecule has 0 spiro atoms. The van der Waals surface area contributed by atoms with Crippen LogP contribution in [0, 0.1) is 0 Å². The SMILES string of the molecule is COc1ccc2c(c1)OC(C)(C)C[C@@H]2NC(=O)/C(=C/c1cccs1)NC(=O)c1ccc(OC)c(OC)c1. The smallest absolute Gasteiger partial charge is 0.268 e. The lowest BCUT2D eigenvalue weighted by Gasteiger charge is -2.38. The van der Waals surface area contributed by atoms with E-state index >= 15 is 0 Å². The second-order valence-corrected chi connectivity index (χ2v) is 10.1. The van der Waals surface area contributed by atoms with Crippen molar-refractivity contribution in [2.75, 3.05) is 21.3 Å². The molecule has 2 amide bonds. The van der Waals surface area contributed by atoms with E-state index in [9.17, 15) is 9.59 Å². The second kappa shape index (κ2) is 11.0. The van der Waals surface area contributed by atoms with E-state index in [4.69, 9.17) is 18.9 Å². The molecule has 1 aliphatic rings. The molecule has 9 heteroatoms. The number of hydrogen-bond donors (Lipinski definition) is 2. The molecule has 0 radical (unpaired) electrons. The Bertz CT molecular complexity index is 1320. The van der Waals surface area contributed by atoms with Gasteiger partial charge in [-0.15, -0.1) is 11.3 Å². The Morgan fingerprint density at radius 1 is 1.03 bits per heavy atom. The zero-order chi connectivity index (χ0) is 26.6. The first-order valence-electron chi connectivity index (χ1n) is 11.7. The molecule has 0 bridgehead atoms. The molecule has 1 aliphatic heterocycles. The molecule has 2 heterocycles. The molecule has 0 saturated carbocycles. The number of thiophene rings is 1. The third-order valence-corrected chi connectivity index (χ3v) is 6.77. The molecule has 0 fully saturated rings. The van der Waals surface area contributed by atoms with Crippen molar-refractivity contribution < 1.29 is 28.5 Å². The van der Waals surface area contributed by atoms with Crippen molar-refractivity contribution in [2.24, 2.45) is 0 Å². The number of amides is 2. The molecule has 3 aromatic rings. The standard InChI is InChI=1S/C28H30N2O6S/c1-28(2)16-22(20-10-9-18(33-3)14-24(20)36-28)30-27(32)21(15-19-7-6-12-37-19)29-26(31)17-8-11-23(34-4)25(13-17)35-5/h6-15,22H,16H2,1-5H3,(H,29,31)(H,30,32)/b21-15-/t22-/m0/s1. The van der Waals surface area contributed by atoms with Crippen molar-refractivity contribution in [3.05, 3.63) is 75.6 Å². The summed E-state index contributed by atoms with van der Waals surface area (Å²) < 4.78 is 22.1. The fourth-order valence-electron chi connectivity index (χ4n) is 4.17. The van der Waals surface area contributed by atoms with Gasteiger partial charge in [0.25, 0.3) is 11.8 Å². The number of benzene rings is 2. The fraction of sp³-hybridized carbons (Fsp3) is 0.286. The Morgan fingerprint density at radius 3 is 2.49 bits per heavy atom. The van der Waals surface area contributed by atoms with Crippen LogP contribution in [0.3, 0.4) is 0 Å². The average molecular weight is 523 g/mol. The molecular formula is C28H30N2O6S. The number of methoxy groups -OCH3 is 3.